The molecule has 0 radical (unpaired) electrons. The Balaban J connectivity index is 1.24. The van der Waals surface area contributed by atoms with Crippen LogP contribution in [-0.4, -0.2) is 66.7 Å². The van der Waals surface area contributed by atoms with E-state index in [-0.39, 0.29) is 18.0 Å². The first-order valence-corrected chi connectivity index (χ1v) is 15.4. The minimum Gasteiger partial charge on any atom is -0.494 e. The number of benzene rings is 2. The number of methoxy groups -OCH3 is 1. The number of fused-ring (bicyclic) bond motifs is 4. The lowest BCUT2D eigenvalue weighted by atomic mass is 10.1. The number of aryl methyl sites for hydroxylation is 1. The minimum absolute atomic E-state index is 0.0332. The summed E-state index contributed by atoms with van der Waals surface area (Å²) in [6.07, 6.45) is 4.26. The third kappa shape index (κ3) is 4.40. The number of carboxylic acid groups (broad SMARTS) is 1. The van der Waals surface area contributed by atoms with Crippen molar-refractivity contribution in [2.75, 3.05) is 13.7 Å². The molecule has 45 heavy (non-hydrogen) atoms. The van der Waals surface area contributed by atoms with E-state index in [4.69, 9.17) is 20.4 Å². The molecule has 8 rings (SSSR count). The molecular formula is C34H33FN6O4. The zero-order chi connectivity index (χ0) is 31.1. The summed E-state index contributed by atoms with van der Waals surface area (Å²) in [5.41, 5.74) is 10.7. The van der Waals surface area contributed by atoms with Gasteiger partial charge in [0.25, 0.3) is 5.91 Å². The van der Waals surface area contributed by atoms with Crippen LogP contribution in [0.4, 0.5) is 4.39 Å². The van der Waals surface area contributed by atoms with Gasteiger partial charge in [0.05, 0.1) is 29.6 Å². The Hall–Kier alpha value is -4.77. The Morgan fingerprint density at radius 1 is 1.07 bits per heavy atom. The number of nitrogens with two attached hydrogens (primary N) is 1. The highest BCUT2D eigenvalue weighted by Gasteiger charge is 2.47. The van der Waals surface area contributed by atoms with Crippen molar-refractivity contribution >= 4 is 33.9 Å². The van der Waals surface area contributed by atoms with Gasteiger partial charge in [-0.25, -0.2) is 19.2 Å². The SMILES string of the molecule is COc1cc(C(=O)N2CC3CCC2C3N)cc2nc(-c3cc4ccc(-c5ccc(F)c(C(=O)O)c5)nc4n3CC3CC3)n(C)c12. The standard InChI is InChI=1S/C34H33FN6O4/c1-39-30-25(12-21(14-28(30)45-2)33(42)41-16-20-7-10-26(41)29(20)36)38-32(39)27-13-19-6-9-24(37-31(19)40(27)15-17-3-4-17)18-5-8-23(35)22(11-18)34(43)44/h5-6,8-9,11-14,17,20,26,29H,3-4,7,10,15-16,36H2,1-2H3,(H,43,44). The van der Waals surface area contributed by atoms with E-state index in [0.717, 1.165) is 60.5 Å². The minimum atomic E-state index is -1.33. The van der Waals surface area contributed by atoms with Crippen molar-refractivity contribution < 1.29 is 23.8 Å². The van der Waals surface area contributed by atoms with Gasteiger partial charge in [-0.3, -0.25) is 4.79 Å². The van der Waals surface area contributed by atoms with Crippen molar-refractivity contribution in [3.05, 3.63) is 65.5 Å². The molecule has 3 N–H and O–H groups in total. The Morgan fingerprint density at radius 3 is 2.58 bits per heavy atom. The largest absolute Gasteiger partial charge is 0.494 e. The Bertz CT molecular complexity index is 2050. The van der Waals surface area contributed by atoms with E-state index >= 15 is 0 Å². The van der Waals surface area contributed by atoms with Gasteiger partial charge in [-0.15, -0.1) is 0 Å². The second kappa shape index (κ2) is 10.1. The summed E-state index contributed by atoms with van der Waals surface area (Å²) in [7, 11) is 3.54. The lowest BCUT2D eigenvalue weighted by molar-refractivity contribution is 0.0686. The van der Waals surface area contributed by atoms with Gasteiger partial charge in [0.1, 0.15) is 22.7 Å². The number of rotatable bonds is 7. The number of carbonyl (C=O) groups is 2. The maximum atomic E-state index is 14.1. The second-order valence-corrected chi connectivity index (χ2v) is 12.7. The van der Waals surface area contributed by atoms with Crippen molar-refractivity contribution in [3.63, 3.8) is 0 Å². The molecule has 1 saturated heterocycles. The van der Waals surface area contributed by atoms with Gasteiger partial charge >= 0.3 is 5.97 Å². The van der Waals surface area contributed by atoms with Crippen LogP contribution in [0, 0.1) is 17.7 Å². The molecule has 3 aromatic heterocycles. The smallest absolute Gasteiger partial charge is 0.338 e. The number of pyridine rings is 1. The third-order valence-electron chi connectivity index (χ3n) is 9.92. The zero-order valence-electron chi connectivity index (χ0n) is 25.0. The first-order chi connectivity index (χ1) is 21.7. The number of piperidine rings is 1. The highest BCUT2D eigenvalue weighted by atomic mass is 19.1. The predicted molar refractivity (Wildman–Crippen MR) is 167 cm³/mol. The van der Waals surface area contributed by atoms with Crippen LogP contribution in [0.1, 0.15) is 46.4 Å². The number of aromatic nitrogens is 4. The van der Waals surface area contributed by atoms with Gasteiger partial charge in [0.15, 0.2) is 5.82 Å². The molecule has 0 spiro atoms. The number of ether oxygens (including phenoxy) is 1. The van der Waals surface area contributed by atoms with Gasteiger partial charge in [-0.1, -0.05) is 0 Å². The fourth-order valence-electron chi connectivity index (χ4n) is 7.33. The van der Waals surface area contributed by atoms with Gasteiger partial charge in [-0.05, 0) is 86.1 Å². The number of hydrogen-bond donors (Lipinski definition) is 2. The lowest BCUT2D eigenvalue weighted by Crippen LogP contribution is -2.41. The van der Waals surface area contributed by atoms with E-state index in [1.54, 1.807) is 19.2 Å². The number of halogens is 1. The number of imidazole rings is 1. The van der Waals surface area contributed by atoms with E-state index < -0.39 is 17.3 Å². The van der Waals surface area contributed by atoms with E-state index in [2.05, 4.69) is 10.6 Å². The van der Waals surface area contributed by atoms with Crippen LogP contribution in [0.2, 0.25) is 0 Å². The van der Waals surface area contributed by atoms with E-state index in [0.29, 0.717) is 52.3 Å². The molecule has 2 saturated carbocycles. The van der Waals surface area contributed by atoms with E-state index in [9.17, 15) is 19.1 Å². The Labute approximate surface area is 258 Å². The molecule has 2 aliphatic carbocycles. The monoisotopic (exact) mass is 608 g/mol. The number of carboxylic acids is 1. The van der Waals surface area contributed by atoms with E-state index in [1.807, 2.05) is 34.7 Å². The molecule has 1 aliphatic heterocycles. The number of carbonyl (C=O) groups excluding carboxylic acids is 1. The second-order valence-electron chi connectivity index (χ2n) is 12.7. The average Bonchev–Trinajstić information content (AvgIpc) is 3.44. The molecular weight excluding hydrogens is 575 g/mol. The quantitative estimate of drug-likeness (QED) is 0.264. The molecule has 4 heterocycles. The first-order valence-electron chi connectivity index (χ1n) is 15.4. The van der Waals surface area contributed by atoms with Crippen molar-refractivity contribution in [2.45, 2.75) is 44.3 Å². The molecule has 2 aromatic carbocycles. The summed E-state index contributed by atoms with van der Waals surface area (Å²) in [6, 6.07) is 13.6. The third-order valence-corrected chi connectivity index (χ3v) is 9.92. The molecule has 3 unspecified atom stereocenters. The maximum Gasteiger partial charge on any atom is 0.338 e. The number of nitrogens with zero attached hydrogens (tertiary/aromatic N) is 5. The van der Waals surface area contributed by atoms with Crippen molar-refractivity contribution in [1.82, 2.24) is 24.0 Å². The molecule has 10 nitrogen and oxygen atoms in total. The number of amides is 1. The Kier molecular flexibility index (Phi) is 6.25. The molecule has 3 aliphatic rings. The van der Waals surface area contributed by atoms with Crippen LogP contribution in [0.25, 0.3) is 44.8 Å². The lowest BCUT2D eigenvalue weighted by Gasteiger charge is -2.27. The molecule has 3 fully saturated rings. The Morgan fingerprint density at radius 2 is 1.89 bits per heavy atom. The maximum absolute atomic E-state index is 14.1. The fraction of sp³-hybridized carbons (Fsp3) is 0.353. The predicted octanol–water partition coefficient (Wildman–Crippen LogP) is 5.07. The van der Waals surface area contributed by atoms with Crippen molar-refractivity contribution in [1.29, 1.82) is 0 Å². The molecule has 5 aromatic rings. The van der Waals surface area contributed by atoms with Crippen LogP contribution in [0.15, 0.2) is 48.5 Å². The van der Waals surface area contributed by atoms with Crippen molar-refractivity contribution in [3.8, 4) is 28.5 Å². The summed E-state index contributed by atoms with van der Waals surface area (Å²) in [5, 5.41) is 10.3. The molecule has 11 heteroatoms. The highest BCUT2D eigenvalue weighted by Crippen LogP contribution is 2.40. The summed E-state index contributed by atoms with van der Waals surface area (Å²) in [5.74, 6) is 0.00213. The van der Waals surface area contributed by atoms with Gasteiger partial charge in [-0.2, -0.15) is 0 Å². The average molecular weight is 609 g/mol. The first kappa shape index (κ1) is 27.8. The number of hydrogen-bond acceptors (Lipinski definition) is 6. The highest BCUT2D eigenvalue weighted by molar-refractivity contribution is 6.00. The van der Waals surface area contributed by atoms with Crippen LogP contribution in [0.5, 0.6) is 5.75 Å². The number of likely N-dealkylation sites (tertiary alicyclic amines) is 1. The van der Waals surface area contributed by atoms with Crippen molar-refractivity contribution in [2.24, 2.45) is 24.6 Å². The molecule has 230 valence electrons. The summed E-state index contributed by atoms with van der Waals surface area (Å²) < 4.78 is 24.1. The summed E-state index contributed by atoms with van der Waals surface area (Å²) in [6.45, 7) is 1.44. The summed E-state index contributed by atoms with van der Waals surface area (Å²) >= 11 is 0. The number of aromatic carboxylic acids is 1. The summed E-state index contributed by atoms with van der Waals surface area (Å²) in [4.78, 5) is 37.2. The fourth-order valence-corrected chi connectivity index (χ4v) is 7.33. The molecule has 3 atom stereocenters. The van der Waals surface area contributed by atoms with Gasteiger partial charge in [0, 0.05) is 48.7 Å². The van der Waals surface area contributed by atoms with Crippen LogP contribution < -0.4 is 10.5 Å². The van der Waals surface area contributed by atoms with Crippen LogP contribution in [-0.2, 0) is 13.6 Å². The molecule has 1 amide bonds. The van der Waals surface area contributed by atoms with E-state index in [1.165, 1.54) is 6.07 Å². The normalized spacial score (nSPS) is 20.9. The van der Waals surface area contributed by atoms with Crippen LogP contribution in [0.3, 0.4) is 0 Å². The van der Waals surface area contributed by atoms with Gasteiger partial charge < -0.3 is 29.6 Å². The molecule has 2 bridgehead atoms. The topological polar surface area (TPSA) is 129 Å². The zero-order valence-corrected chi connectivity index (χ0v) is 25.0. The van der Waals surface area contributed by atoms with Crippen LogP contribution >= 0.6 is 0 Å². The van der Waals surface area contributed by atoms with Gasteiger partial charge in [0.2, 0.25) is 0 Å².